The smallest absolute Gasteiger partial charge is 0.341 e. The van der Waals surface area contributed by atoms with Gasteiger partial charge in [-0.3, -0.25) is 14.9 Å². The number of hydrogen-bond donors (Lipinski definition) is 1. The molecule has 0 radical (unpaired) electrons. The molecule has 0 unspecified atom stereocenters. The first-order valence-electron chi connectivity index (χ1n) is 9.50. The van der Waals surface area contributed by atoms with Crippen LogP contribution >= 0.6 is 0 Å². The van der Waals surface area contributed by atoms with Gasteiger partial charge < -0.3 is 19.7 Å². The third kappa shape index (κ3) is 5.32. The van der Waals surface area contributed by atoms with E-state index in [1.165, 1.54) is 18.2 Å². The van der Waals surface area contributed by atoms with Crippen LogP contribution in [0.2, 0.25) is 0 Å². The SMILES string of the molecule is Cc1cc(C)cc(NC(=O)COC(=O)c2cc([N+](=O)[O-])ccc2N2CCOCC2)c1. The summed E-state index contributed by atoms with van der Waals surface area (Å²) in [4.78, 5) is 37.3. The normalized spacial score (nSPS) is 13.6. The molecule has 1 N–H and O–H groups in total. The largest absolute Gasteiger partial charge is 0.452 e. The van der Waals surface area contributed by atoms with Crippen LogP contribution in [0.5, 0.6) is 0 Å². The van der Waals surface area contributed by atoms with Crippen molar-refractivity contribution in [1.29, 1.82) is 0 Å². The van der Waals surface area contributed by atoms with Crippen molar-refractivity contribution in [3.05, 3.63) is 63.2 Å². The second kappa shape index (κ2) is 9.36. The number of rotatable bonds is 6. The van der Waals surface area contributed by atoms with Crippen molar-refractivity contribution in [2.45, 2.75) is 13.8 Å². The Kier molecular flexibility index (Phi) is 6.63. The van der Waals surface area contributed by atoms with Crippen LogP contribution in [0.4, 0.5) is 17.1 Å². The van der Waals surface area contributed by atoms with Crippen LogP contribution in [0, 0.1) is 24.0 Å². The summed E-state index contributed by atoms with van der Waals surface area (Å²) >= 11 is 0. The molecule has 1 saturated heterocycles. The zero-order valence-electron chi connectivity index (χ0n) is 16.8. The van der Waals surface area contributed by atoms with Crippen LogP contribution in [-0.4, -0.2) is 49.7 Å². The van der Waals surface area contributed by atoms with Gasteiger partial charge in [-0.05, 0) is 43.2 Å². The Bertz CT molecular complexity index is 949. The predicted molar refractivity (Wildman–Crippen MR) is 111 cm³/mol. The first kappa shape index (κ1) is 21.3. The number of ether oxygens (including phenoxy) is 2. The van der Waals surface area contributed by atoms with Gasteiger partial charge >= 0.3 is 5.97 Å². The van der Waals surface area contributed by atoms with Crippen molar-refractivity contribution in [3.8, 4) is 0 Å². The third-order valence-corrected chi connectivity index (χ3v) is 4.60. The molecule has 0 aliphatic carbocycles. The molecule has 158 valence electrons. The zero-order chi connectivity index (χ0) is 21.7. The quantitative estimate of drug-likeness (QED) is 0.440. The van der Waals surface area contributed by atoms with E-state index in [0.717, 1.165) is 11.1 Å². The molecule has 0 atom stereocenters. The molecule has 1 fully saturated rings. The molecule has 2 aromatic rings. The number of nitro benzene ring substituents is 1. The zero-order valence-corrected chi connectivity index (χ0v) is 16.8. The molecule has 9 nitrogen and oxygen atoms in total. The average Bonchev–Trinajstić information content (AvgIpc) is 2.71. The average molecular weight is 413 g/mol. The van der Waals surface area contributed by atoms with Crippen LogP contribution < -0.4 is 10.2 Å². The molecule has 9 heteroatoms. The number of carbonyl (C=O) groups is 2. The van der Waals surface area contributed by atoms with Crippen molar-refractivity contribution in [1.82, 2.24) is 0 Å². The Morgan fingerprint density at radius 2 is 1.80 bits per heavy atom. The number of anilines is 2. The summed E-state index contributed by atoms with van der Waals surface area (Å²) in [7, 11) is 0. The number of non-ortho nitro benzene ring substituents is 1. The van der Waals surface area contributed by atoms with Crippen LogP contribution in [0.1, 0.15) is 21.5 Å². The fraction of sp³-hybridized carbons (Fsp3) is 0.333. The van der Waals surface area contributed by atoms with E-state index in [9.17, 15) is 19.7 Å². The van der Waals surface area contributed by atoms with E-state index in [0.29, 0.717) is 37.7 Å². The first-order valence-corrected chi connectivity index (χ1v) is 9.50. The van der Waals surface area contributed by atoms with Crippen molar-refractivity contribution < 1.29 is 24.0 Å². The van der Waals surface area contributed by atoms with Crippen LogP contribution in [0.15, 0.2) is 36.4 Å². The topological polar surface area (TPSA) is 111 Å². The van der Waals surface area contributed by atoms with Gasteiger partial charge in [0.1, 0.15) is 0 Å². The second-order valence-electron chi connectivity index (χ2n) is 7.06. The summed E-state index contributed by atoms with van der Waals surface area (Å²) in [5, 5.41) is 13.8. The van der Waals surface area contributed by atoms with Crippen molar-refractivity contribution in [2.24, 2.45) is 0 Å². The maximum absolute atomic E-state index is 12.7. The Labute approximate surface area is 173 Å². The standard InChI is InChI=1S/C21H23N3O6/c1-14-9-15(2)11-16(10-14)22-20(25)13-30-21(26)18-12-17(24(27)28)3-4-19(18)23-5-7-29-8-6-23/h3-4,9-12H,5-8,13H2,1-2H3,(H,22,25). The molecular formula is C21H23N3O6. The van der Waals surface area contributed by atoms with Crippen molar-refractivity contribution >= 4 is 28.9 Å². The number of benzene rings is 2. The second-order valence-corrected chi connectivity index (χ2v) is 7.06. The molecule has 1 amide bonds. The van der Waals surface area contributed by atoms with Gasteiger partial charge in [-0.2, -0.15) is 0 Å². The molecule has 1 aliphatic heterocycles. The van der Waals surface area contributed by atoms with E-state index in [-0.39, 0.29) is 11.3 Å². The van der Waals surface area contributed by atoms with Gasteiger partial charge in [0.25, 0.3) is 11.6 Å². The highest BCUT2D eigenvalue weighted by Crippen LogP contribution is 2.27. The highest BCUT2D eigenvalue weighted by Gasteiger charge is 2.23. The fourth-order valence-corrected chi connectivity index (χ4v) is 3.33. The monoisotopic (exact) mass is 413 g/mol. The Hall–Kier alpha value is -3.46. The number of carbonyl (C=O) groups excluding carboxylic acids is 2. The van der Waals surface area contributed by atoms with Gasteiger partial charge in [0, 0.05) is 30.9 Å². The van der Waals surface area contributed by atoms with E-state index in [1.807, 2.05) is 36.9 Å². The number of aryl methyl sites for hydroxylation is 2. The van der Waals surface area contributed by atoms with Gasteiger partial charge in [-0.25, -0.2) is 4.79 Å². The van der Waals surface area contributed by atoms with Crippen molar-refractivity contribution in [2.75, 3.05) is 43.1 Å². The van der Waals surface area contributed by atoms with E-state index in [2.05, 4.69) is 5.32 Å². The Balaban J connectivity index is 1.72. The van der Waals surface area contributed by atoms with Crippen LogP contribution in [0.3, 0.4) is 0 Å². The maximum Gasteiger partial charge on any atom is 0.341 e. The Morgan fingerprint density at radius 1 is 1.13 bits per heavy atom. The fourth-order valence-electron chi connectivity index (χ4n) is 3.33. The molecule has 0 saturated carbocycles. The molecule has 1 heterocycles. The number of hydrogen-bond acceptors (Lipinski definition) is 7. The predicted octanol–water partition coefficient (Wildman–Crippen LogP) is 2.84. The molecule has 0 bridgehead atoms. The van der Waals surface area contributed by atoms with E-state index in [4.69, 9.17) is 9.47 Å². The van der Waals surface area contributed by atoms with Gasteiger partial charge in [-0.15, -0.1) is 0 Å². The molecule has 0 aromatic heterocycles. The lowest BCUT2D eigenvalue weighted by molar-refractivity contribution is -0.384. The number of nitro groups is 1. The van der Waals surface area contributed by atoms with E-state index < -0.39 is 23.4 Å². The number of amides is 1. The molecule has 0 spiro atoms. The van der Waals surface area contributed by atoms with Crippen LogP contribution in [-0.2, 0) is 14.3 Å². The highest BCUT2D eigenvalue weighted by atomic mass is 16.6. The molecule has 1 aliphatic rings. The van der Waals surface area contributed by atoms with Crippen molar-refractivity contribution in [3.63, 3.8) is 0 Å². The summed E-state index contributed by atoms with van der Waals surface area (Å²) in [6.45, 7) is 5.40. The van der Waals surface area contributed by atoms with E-state index >= 15 is 0 Å². The maximum atomic E-state index is 12.7. The summed E-state index contributed by atoms with van der Waals surface area (Å²) in [5.74, 6) is -1.29. The van der Waals surface area contributed by atoms with Gasteiger partial charge in [0.15, 0.2) is 6.61 Å². The number of nitrogens with one attached hydrogen (secondary N) is 1. The molecule has 30 heavy (non-hydrogen) atoms. The summed E-state index contributed by atoms with van der Waals surface area (Å²) in [6.07, 6.45) is 0. The summed E-state index contributed by atoms with van der Waals surface area (Å²) in [6, 6.07) is 9.64. The Morgan fingerprint density at radius 3 is 2.43 bits per heavy atom. The third-order valence-electron chi connectivity index (χ3n) is 4.60. The number of nitrogens with zero attached hydrogens (tertiary/aromatic N) is 2. The van der Waals surface area contributed by atoms with E-state index in [1.54, 1.807) is 0 Å². The number of morpholine rings is 1. The van der Waals surface area contributed by atoms with Gasteiger partial charge in [0.2, 0.25) is 0 Å². The lowest BCUT2D eigenvalue weighted by Gasteiger charge is -2.30. The summed E-state index contributed by atoms with van der Waals surface area (Å²) < 4.78 is 10.5. The molecular weight excluding hydrogens is 390 g/mol. The first-order chi connectivity index (χ1) is 14.3. The van der Waals surface area contributed by atoms with Crippen LogP contribution in [0.25, 0.3) is 0 Å². The highest BCUT2D eigenvalue weighted by molar-refractivity contribution is 5.99. The lowest BCUT2D eigenvalue weighted by Crippen LogP contribution is -2.37. The molecule has 3 rings (SSSR count). The minimum atomic E-state index is -0.796. The lowest BCUT2D eigenvalue weighted by atomic mass is 10.1. The van der Waals surface area contributed by atoms with Gasteiger partial charge in [0.05, 0.1) is 29.4 Å². The minimum absolute atomic E-state index is 0.0466. The van der Waals surface area contributed by atoms with Gasteiger partial charge in [-0.1, -0.05) is 6.07 Å². The molecule has 2 aromatic carbocycles. The number of esters is 1. The minimum Gasteiger partial charge on any atom is -0.452 e. The summed E-state index contributed by atoms with van der Waals surface area (Å²) in [5.41, 5.74) is 2.94.